The zero-order valence-corrected chi connectivity index (χ0v) is 38.2. The average molecular weight is 893 g/mol. The minimum Gasteiger partial charge on any atom is -0.461 e. The quantitative estimate of drug-likeness (QED) is 0.0927. The molecular formula is C48H55Cl2N9O2S. The Morgan fingerprint density at radius 3 is 2.35 bits per heavy atom. The molecule has 1 amide bonds. The lowest BCUT2D eigenvalue weighted by molar-refractivity contribution is -0.121. The molecule has 1 aliphatic carbocycles. The van der Waals surface area contributed by atoms with E-state index in [1.54, 1.807) is 11.3 Å². The van der Waals surface area contributed by atoms with Gasteiger partial charge in [-0.25, -0.2) is 4.98 Å². The van der Waals surface area contributed by atoms with Gasteiger partial charge in [-0.05, 0) is 121 Å². The molecule has 4 aromatic heterocycles. The summed E-state index contributed by atoms with van der Waals surface area (Å²) in [5.74, 6) is 2.04. The first-order chi connectivity index (χ1) is 30.2. The second kappa shape index (κ2) is 19.0. The molecule has 2 aromatic carbocycles. The fraction of sp³-hybridized carbons (Fsp3) is 0.458. The number of hydrogen-bond donors (Lipinski definition) is 2. The SMILES string of the molecule is Cc1sc2c(c1C)C(c1ccc(Cl)cc1)=N[C@@H](CC(=O)NCCCCCCCCN1CCC(c3ccc(-c4nc5nc(OC6CCC6)[nH]c5cc4Cl)cc3)CC1)c1nnc(C)n1-2. The molecule has 11 nitrogen and oxygen atoms in total. The summed E-state index contributed by atoms with van der Waals surface area (Å²) in [5, 5.41) is 14.5. The average Bonchev–Trinajstić information content (AvgIpc) is 3.90. The predicted molar refractivity (Wildman–Crippen MR) is 250 cm³/mol. The Kier molecular flexibility index (Phi) is 13.1. The summed E-state index contributed by atoms with van der Waals surface area (Å²) in [4.78, 5) is 35.0. The van der Waals surface area contributed by atoms with Gasteiger partial charge in [-0.15, -0.1) is 21.5 Å². The third-order valence-corrected chi connectivity index (χ3v) is 14.7. The predicted octanol–water partition coefficient (Wildman–Crippen LogP) is 11.0. The largest absolute Gasteiger partial charge is 0.461 e. The van der Waals surface area contributed by atoms with E-state index in [0.29, 0.717) is 40.0 Å². The van der Waals surface area contributed by atoms with E-state index in [2.05, 4.69) is 73.1 Å². The van der Waals surface area contributed by atoms with Crippen molar-refractivity contribution in [1.82, 2.24) is 39.9 Å². The van der Waals surface area contributed by atoms with Crippen molar-refractivity contribution < 1.29 is 9.53 Å². The number of nitrogens with zero attached hydrogens (tertiary/aromatic N) is 7. The number of aliphatic imine (C=N–C) groups is 1. The monoisotopic (exact) mass is 891 g/mol. The summed E-state index contributed by atoms with van der Waals surface area (Å²) in [6.45, 7) is 10.3. The number of likely N-dealkylation sites (tertiary alicyclic amines) is 1. The molecule has 6 aromatic rings. The third-order valence-electron chi connectivity index (χ3n) is 12.9. The number of carbonyl (C=O) groups excluding carboxylic acids is 1. The highest BCUT2D eigenvalue weighted by Gasteiger charge is 2.32. The molecule has 1 saturated carbocycles. The van der Waals surface area contributed by atoms with E-state index in [0.717, 1.165) is 89.8 Å². The molecule has 2 N–H and O–H groups in total. The van der Waals surface area contributed by atoms with Gasteiger partial charge in [0.15, 0.2) is 11.5 Å². The van der Waals surface area contributed by atoms with E-state index in [4.69, 9.17) is 37.9 Å². The maximum Gasteiger partial charge on any atom is 0.296 e. The normalized spacial score (nSPS) is 17.0. The van der Waals surface area contributed by atoms with Gasteiger partial charge in [0, 0.05) is 33.1 Å². The molecule has 324 valence electrons. The molecule has 3 aliphatic rings. The van der Waals surface area contributed by atoms with Gasteiger partial charge in [0.25, 0.3) is 6.01 Å². The molecule has 9 rings (SSSR count). The van der Waals surface area contributed by atoms with Gasteiger partial charge in [-0.2, -0.15) is 4.98 Å². The first-order valence-corrected chi connectivity index (χ1v) is 23.9. The van der Waals surface area contributed by atoms with Crippen LogP contribution in [0.2, 0.25) is 10.0 Å². The van der Waals surface area contributed by atoms with E-state index in [1.807, 2.05) is 37.3 Å². The first kappa shape index (κ1) is 42.7. The summed E-state index contributed by atoms with van der Waals surface area (Å²) in [6, 6.07) is 18.5. The number of hydrogen-bond acceptors (Lipinski definition) is 9. The van der Waals surface area contributed by atoms with E-state index in [-0.39, 0.29) is 18.4 Å². The Morgan fingerprint density at radius 1 is 0.887 bits per heavy atom. The lowest BCUT2D eigenvalue weighted by atomic mass is 9.88. The van der Waals surface area contributed by atoms with Gasteiger partial charge in [0.05, 0.1) is 28.4 Å². The van der Waals surface area contributed by atoms with Gasteiger partial charge in [-0.3, -0.25) is 14.4 Å². The van der Waals surface area contributed by atoms with Gasteiger partial charge < -0.3 is 19.9 Å². The van der Waals surface area contributed by atoms with E-state index >= 15 is 0 Å². The lowest BCUT2D eigenvalue weighted by Crippen LogP contribution is -2.33. The molecule has 1 atom stereocenters. The van der Waals surface area contributed by atoms with Crippen molar-refractivity contribution in [2.45, 2.75) is 116 Å². The van der Waals surface area contributed by atoms with Crippen LogP contribution in [0.3, 0.4) is 0 Å². The number of halogens is 2. The highest BCUT2D eigenvalue weighted by Crippen LogP contribution is 2.40. The number of aryl methyl sites for hydroxylation is 2. The Labute approximate surface area is 377 Å². The number of nitrogens with one attached hydrogen (secondary N) is 2. The highest BCUT2D eigenvalue weighted by molar-refractivity contribution is 7.15. The zero-order valence-electron chi connectivity index (χ0n) is 35.9. The Balaban J connectivity index is 0.681. The number of pyridine rings is 1. The molecule has 2 aliphatic heterocycles. The van der Waals surface area contributed by atoms with E-state index in [1.165, 1.54) is 60.9 Å². The number of benzene rings is 2. The smallest absolute Gasteiger partial charge is 0.296 e. The molecule has 0 radical (unpaired) electrons. The van der Waals surface area contributed by atoms with Crippen LogP contribution in [0.15, 0.2) is 59.6 Å². The summed E-state index contributed by atoms with van der Waals surface area (Å²) in [7, 11) is 0. The van der Waals surface area contributed by atoms with Crippen LogP contribution in [0, 0.1) is 20.8 Å². The van der Waals surface area contributed by atoms with Crippen molar-refractivity contribution in [2.24, 2.45) is 4.99 Å². The molecular weight excluding hydrogens is 838 g/mol. The van der Waals surface area contributed by atoms with Gasteiger partial charge in [0.2, 0.25) is 5.91 Å². The number of unbranched alkanes of at least 4 members (excludes halogenated alkanes) is 5. The van der Waals surface area contributed by atoms with Gasteiger partial charge >= 0.3 is 0 Å². The topological polar surface area (TPSA) is 126 Å². The summed E-state index contributed by atoms with van der Waals surface area (Å²) >= 11 is 14.7. The lowest BCUT2D eigenvalue weighted by Gasteiger charge is -2.32. The van der Waals surface area contributed by atoms with Crippen molar-refractivity contribution in [2.75, 3.05) is 26.2 Å². The number of ether oxygens (including phenoxy) is 1. The molecule has 6 heterocycles. The van der Waals surface area contributed by atoms with Crippen LogP contribution in [0.5, 0.6) is 6.01 Å². The molecule has 2 fully saturated rings. The number of rotatable bonds is 16. The van der Waals surface area contributed by atoms with Crippen LogP contribution < -0.4 is 10.1 Å². The maximum atomic E-state index is 13.4. The van der Waals surface area contributed by atoms with Crippen LogP contribution in [-0.4, -0.2) is 78.5 Å². The number of aromatic amines is 1. The van der Waals surface area contributed by atoms with E-state index in [9.17, 15) is 4.79 Å². The zero-order chi connectivity index (χ0) is 42.7. The summed E-state index contributed by atoms with van der Waals surface area (Å²) in [6.07, 6.45) is 13.1. The van der Waals surface area contributed by atoms with Crippen molar-refractivity contribution in [3.63, 3.8) is 0 Å². The van der Waals surface area contributed by atoms with Crippen LogP contribution >= 0.6 is 34.5 Å². The van der Waals surface area contributed by atoms with Crippen molar-refractivity contribution in [3.8, 4) is 22.3 Å². The van der Waals surface area contributed by atoms with Gasteiger partial charge in [-0.1, -0.05) is 85.3 Å². The number of thiophene rings is 1. The fourth-order valence-corrected chi connectivity index (χ4v) is 10.6. The summed E-state index contributed by atoms with van der Waals surface area (Å²) < 4.78 is 8.03. The number of carbonyl (C=O) groups is 1. The number of fused-ring (bicyclic) bond motifs is 4. The van der Waals surface area contributed by atoms with Crippen LogP contribution in [0.4, 0.5) is 0 Å². The minimum absolute atomic E-state index is 0.0189. The molecule has 1 saturated heterocycles. The van der Waals surface area contributed by atoms with Crippen molar-refractivity contribution in [3.05, 3.63) is 103 Å². The molecule has 0 spiro atoms. The molecule has 14 heteroatoms. The van der Waals surface area contributed by atoms with Crippen molar-refractivity contribution >= 4 is 57.3 Å². The third kappa shape index (κ3) is 9.35. The van der Waals surface area contributed by atoms with Crippen LogP contribution in [0.1, 0.15) is 128 Å². The summed E-state index contributed by atoms with van der Waals surface area (Å²) in [5.41, 5.74) is 8.64. The molecule has 0 bridgehead atoms. The minimum atomic E-state index is -0.460. The van der Waals surface area contributed by atoms with Crippen LogP contribution in [0.25, 0.3) is 27.4 Å². The second-order valence-electron chi connectivity index (χ2n) is 17.2. The first-order valence-electron chi connectivity index (χ1n) is 22.4. The molecule has 62 heavy (non-hydrogen) atoms. The van der Waals surface area contributed by atoms with Crippen molar-refractivity contribution in [1.29, 1.82) is 0 Å². The number of imidazole rings is 1. The second-order valence-corrected chi connectivity index (χ2v) is 19.3. The Morgan fingerprint density at radius 2 is 1.61 bits per heavy atom. The number of piperidine rings is 1. The van der Waals surface area contributed by atoms with Gasteiger partial charge in [0.1, 0.15) is 23.0 Å². The highest BCUT2D eigenvalue weighted by atomic mass is 35.5. The Bertz CT molecular complexity index is 2550. The Hall–Kier alpha value is -4.62. The standard InChI is InChI=1S/C48H55Cl2N9O2S/c1-29-30(2)62-47-42(29)44(35-17-19-36(49)20-18-35)52-40(46-57-56-31(3)59(46)47)28-41(60)51-23-8-6-4-5-7-9-24-58-25-21-33(22-26-58)32-13-15-34(16-14-32)43-38(50)27-39-45(54-43)55-48(53-39)61-37-11-10-12-37/h13-20,27,33,37,40H,4-12,21-26,28H2,1-3H3,(H,51,60)(H,53,54,55)/t40-/m0/s1. The molecule has 0 unspecified atom stereocenters. The number of aromatic nitrogens is 6. The number of H-pyrrole nitrogens is 1. The maximum absolute atomic E-state index is 13.4. The fourth-order valence-electron chi connectivity index (χ4n) is 8.98. The van der Waals surface area contributed by atoms with E-state index < -0.39 is 6.04 Å². The van der Waals surface area contributed by atoms with Crippen LogP contribution in [-0.2, 0) is 4.79 Å². The number of amides is 1.